The third-order valence-electron chi connectivity index (χ3n) is 6.77. The maximum atomic E-state index is 12.9. The fraction of sp³-hybridized carbons (Fsp3) is 0.391. The number of benzene rings is 1. The number of pyridine rings is 1. The van der Waals surface area contributed by atoms with Gasteiger partial charge in [-0.2, -0.15) is 10.4 Å². The lowest BCUT2D eigenvalue weighted by Gasteiger charge is -2.21. The van der Waals surface area contributed by atoms with Crippen molar-refractivity contribution in [1.82, 2.24) is 25.0 Å². The standard InChI is InChI=1S/C23H22N6O/c24-13-28-17-7-9-21(28)19(11-17)27-23(30)15-6-8-20-16(10-15)12-25-29(20)22-3-1-2-18(26-22)14-4-5-14/h1-3,6,8,10,12,14,17,19,21H,4-5,7,9,11H2,(H,27,30). The number of hydrogen-bond donors (Lipinski definition) is 1. The predicted molar refractivity (Wildman–Crippen MR) is 111 cm³/mol. The lowest BCUT2D eigenvalue weighted by atomic mass is 9.95. The number of carbonyl (C=O) groups is 1. The van der Waals surface area contributed by atoms with E-state index in [4.69, 9.17) is 4.98 Å². The van der Waals surface area contributed by atoms with Crippen LogP contribution >= 0.6 is 0 Å². The Morgan fingerprint density at radius 1 is 1.17 bits per heavy atom. The minimum atomic E-state index is -0.0889. The topological polar surface area (TPSA) is 86.8 Å². The summed E-state index contributed by atoms with van der Waals surface area (Å²) < 4.78 is 1.84. The summed E-state index contributed by atoms with van der Waals surface area (Å²) in [7, 11) is 0. The van der Waals surface area contributed by atoms with Crippen molar-refractivity contribution in [1.29, 1.82) is 5.26 Å². The van der Waals surface area contributed by atoms with Crippen molar-refractivity contribution in [3.8, 4) is 12.0 Å². The summed E-state index contributed by atoms with van der Waals surface area (Å²) in [4.78, 5) is 19.5. The van der Waals surface area contributed by atoms with Crippen LogP contribution in [0.2, 0.25) is 0 Å². The van der Waals surface area contributed by atoms with E-state index in [1.807, 2.05) is 39.9 Å². The zero-order valence-electron chi connectivity index (χ0n) is 16.5. The molecule has 0 spiro atoms. The van der Waals surface area contributed by atoms with E-state index in [0.29, 0.717) is 11.5 Å². The molecule has 3 fully saturated rings. The highest BCUT2D eigenvalue weighted by Gasteiger charge is 2.46. The van der Waals surface area contributed by atoms with E-state index < -0.39 is 0 Å². The summed E-state index contributed by atoms with van der Waals surface area (Å²) in [5.41, 5.74) is 2.68. The second kappa shape index (κ2) is 6.56. The van der Waals surface area contributed by atoms with Crippen LogP contribution in [-0.4, -0.2) is 43.7 Å². The molecule has 1 aliphatic carbocycles. The van der Waals surface area contributed by atoms with E-state index in [1.54, 1.807) is 6.20 Å². The average Bonchev–Trinajstić information content (AvgIpc) is 3.31. The van der Waals surface area contributed by atoms with Gasteiger partial charge < -0.3 is 10.2 Å². The molecule has 2 saturated heterocycles. The zero-order valence-corrected chi connectivity index (χ0v) is 16.5. The first-order valence-electron chi connectivity index (χ1n) is 10.7. The lowest BCUT2D eigenvalue weighted by molar-refractivity contribution is 0.0928. The maximum absolute atomic E-state index is 12.9. The number of aromatic nitrogens is 3. The molecule has 1 N–H and O–H groups in total. The van der Waals surface area contributed by atoms with Crippen LogP contribution in [0.15, 0.2) is 42.6 Å². The molecule has 3 unspecified atom stereocenters. The monoisotopic (exact) mass is 398 g/mol. The zero-order chi connectivity index (χ0) is 20.2. The van der Waals surface area contributed by atoms with Gasteiger partial charge >= 0.3 is 0 Å². The highest BCUT2D eigenvalue weighted by atomic mass is 16.1. The van der Waals surface area contributed by atoms with Gasteiger partial charge in [0.1, 0.15) is 0 Å². The van der Waals surface area contributed by atoms with Crippen molar-refractivity contribution in [2.24, 2.45) is 0 Å². The molecular formula is C23H22N6O. The molecule has 2 bridgehead atoms. The molecule has 4 heterocycles. The molecule has 1 saturated carbocycles. The number of amides is 1. The first-order valence-corrected chi connectivity index (χ1v) is 10.7. The number of fused-ring (bicyclic) bond motifs is 3. The first kappa shape index (κ1) is 17.5. The van der Waals surface area contributed by atoms with Crippen LogP contribution in [0, 0.1) is 11.5 Å². The van der Waals surface area contributed by atoms with E-state index in [0.717, 1.165) is 41.7 Å². The van der Waals surface area contributed by atoms with Crippen molar-refractivity contribution >= 4 is 16.8 Å². The van der Waals surface area contributed by atoms with Crippen LogP contribution in [0.5, 0.6) is 0 Å². The quantitative estimate of drug-likeness (QED) is 0.683. The number of nitrogens with one attached hydrogen (secondary N) is 1. The second-order valence-corrected chi connectivity index (χ2v) is 8.65. The summed E-state index contributed by atoms with van der Waals surface area (Å²) in [6.07, 6.45) is 9.37. The Labute approximate surface area is 174 Å². The fourth-order valence-electron chi connectivity index (χ4n) is 5.07. The van der Waals surface area contributed by atoms with E-state index in [2.05, 4.69) is 22.7 Å². The van der Waals surface area contributed by atoms with E-state index >= 15 is 0 Å². The van der Waals surface area contributed by atoms with Crippen LogP contribution in [-0.2, 0) is 0 Å². The molecular weight excluding hydrogens is 376 g/mol. The molecule has 0 radical (unpaired) electrons. The van der Waals surface area contributed by atoms with Gasteiger partial charge in [-0.3, -0.25) is 4.79 Å². The Morgan fingerprint density at radius 2 is 2.07 bits per heavy atom. The second-order valence-electron chi connectivity index (χ2n) is 8.65. The normalized spacial score (nSPS) is 24.9. The van der Waals surface area contributed by atoms with Crippen LogP contribution in [0.1, 0.15) is 54.1 Å². The average molecular weight is 398 g/mol. The molecule has 7 nitrogen and oxygen atoms in total. The van der Waals surface area contributed by atoms with E-state index in [-0.39, 0.29) is 24.0 Å². The summed E-state index contributed by atoms with van der Waals surface area (Å²) in [5.74, 6) is 1.31. The Balaban J connectivity index is 1.24. The summed E-state index contributed by atoms with van der Waals surface area (Å²) in [6, 6.07) is 12.2. The molecule has 7 heteroatoms. The van der Waals surface area contributed by atoms with Gasteiger partial charge in [0.25, 0.3) is 5.91 Å². The predicted octanol–water partition coefficient (Wildman–Crippen LogP) is 3.11. The molecule has 6 rings (SSSR count). The van der Waals surface area contributed by atoms with Crippen LogP contribution in [0.4, 0.5) is 0 Å². The van der Waals surface area contributed by atoms with Crippen LogP contribution in [0.25, 0.3) is 16.7 Å². The number of carbonyl (C=O) groups excluding carboxylic acids is 1. The van der Waals surface area contributed by atoms with Crippen molar-refractivity contribution in [3.05, 3.63) is 53.9 Å². The molecule has 3 aliphatic rings. The Kier molecular flexibility index (Phi) is 3.82. The van der Waals surface area contributed by atoms with E-state index in [1.165, 1.54) is 12.8 Å². The first-order chi connectivity index (χ1) is 14.7. The fourth-order valence-corrected chi connectivity index (χ4v) is 5.07. The number of nitriles is 1. The van der Waals surface area contributed by atoms with Crippen LogP contribution in [0.3, 0.4) is 0 Å². The van der Waals surface area contributed by atoms with Crippen molar-refractivity contribution in [2.45, 2.75) is 56.1 Å². The van der Waals surface area contributed by atoms with Crippen molar-refractivity contribution in [2.75, 3.05) is 0 Å². The largest absolute Gasteiger partial charge is 0.347 e. The highest BCUT2D eigenvalue weighted by molar-refractivity contribution is 5.98. The van der Waals surface area contributed by atoms with Gasteiger partial charge in [-0.15, -0.1) is 0 Å². The van der Waals surface area contributed by atoms with E-state index in [9.17, 15) is 10.1 Å². The third kappa shape index (κ3) is 2.75. The summed E-state index contributed by atoms with van der Waals surface area (Å²) in [5, 5.41) is 17.9. The van der Waals surface area contributed by atoms with Gasteiger partial charge in [0.05, 0.1) is 23.8 Å². The molecule has 1 aromatic carbocycles. The highest BCUT2D eigenvalue weighted by Crippen LogP contribution is 2.39. The third-order valence-corrected chi connectivity index (χ3v) is 6.77. The number of rotatable bonds is 4. The summed E-state index contributed by atoms with van der Waals surface area (Å²) in [6.45, 7) is 0. The van der Waals surface area contributed by atoms with Crippen LogP contribution < -0.4 is 5.32 Å². The Bertz CT molecular complexity index is 1190. The molecule has 2 aromatic heterocycles. The SMILES string of the molecule is N#CN1C2CCC1C(NC(=O)c1ccc3c(cnn3-c3cccc(C4CC4)n3)c1)C2. The molecule has 30 heavy (non-hydrogen) atoms. The molecule has 150 valence electrons. The van der Waals surface area contributed by atoms with Gasteiger partial charge in [-0.05, 0) is 62.4 Å². The Hall–Kier alpha value is -3.40. The molecule has 3 aromatic rings. The van der Waals surface area contributed by atoms with Gasteiger partial charge in [0, 0.05) is 28.6 Å². The molecule has 2 aliphatic heterocycles. The Morgan fingerprint density at radius 3 is 2.87 bits per heavy atom. The van der Waals surface area contributed by atoms with Gasteiger partial charge in [0.2, 0.25) is 0 Å². The molecule has 3 atom stereocenters. The maximum Gasteiger partial charge on any atom is 0.251 e. The summed E-state index contributed by atoms with van der Waals surface area (Å²) >= 11 is 0. The lowest BCUT2D eigenvalue weighted by Crippen LogP contribution is -2.43. The number of nitrogens with zero attached hydrogens (tertiary/aromatic N) is 5. The van der Waals surface area contributed by atoms with Crippen molar-refractivity contribution in [3.63, 3.8) is 0 Å². The van der Waals surface area contributed by atoms with Gasteiger partial charge in [-0.25, -0.2) is 9.67 Å². The minimum Gasteiger partial charge on any atom is -0.347 e. The van der Waals surface area contributed by atoms with Crippen molar-refractivity contribution < 1.29 is 4.79 Å². The van der Waals surface area contributed by atoms with Gasteiger partial charge in [-0.1, -0.05) is 6.07 Å². The smallest absolute Gasteiger partial charge is 0.251 e. The minimum absolute atomic E-state index is 0.0451. The number of hydrogen-bond acceptors (Lipinski definition) is 5. The van der Waals surface area contributed by atoms with Gasteiger partial charge in [0.15, 0.2) is 12.0 Å². The molecule has 1 amide bonds.